The fourth-order valence-corrected chi connectivity index (χ4v) is 4.18. The van der Waals surface area contributed by atoms with Crippen LogP contribution in [0.25, 0.3) is 0 Å². The first-order chi connectivity index (χ1) is 8.69. The number of hydrogen-bond donors (Lipinski definition) is 1. The van der Waals surface area contributed by atoms with Gasteiger partial charge in [-0.25, -0.2) is 4.39 Å². The lowest BCUT2D eigenvalue weighted by atomic mass is 9.63. The molecule has 0 heterocycles. The van der Waals surface area contributed by atoms with Crippen molar-refractivity contribution in [3.05, 3.63) is 35.1 Å². The van der Waals surface area contributed by atoms with Crippen LogP contribution in [0.3, 0.4) is 0 Å². The molecule has 1 aromatic carbocycles. The predicted octanol–water partition coefficient (Wildman–Crippen LogP) is 4.22. The second-order valence-corrected chi connectivity index (χ2v) is 7.46. The van der Waals surface area contributed by atoms with Gasteiger partial charge in [-0.2, -0.15) is 0 Å². The summed E-state index contributed by atoms with van der Waals surface area (Å²) < 4.78 is 13.2. The fraction of sp³-hybridized carbons (Fsp3) is 0.647. The number of benzene rings is 1. The molecule has 0 aliphatic heterocycles. The van der Waals surface area contributed by atoms with E-state index in [2.05, 4.69) is 20.8 Å². The van der Waals surface area contributed by atoms with Gasteiger partial charge in [-0.05, 0) is 67.2 Å². The smallest absolute Gasteiger partial charge is 0.123 e. The summed E-state index contributed by atoms with van der Waals surface area (Å²) in [6.45, 7) is 8.88. The number of halogens is 1. The van der Waals surface area contributed by atoms with Gasteiger partial charge in [-0.3, -0.25) is 0 Å². The molecule has 1 aliphatic carbocycles. The van der Waals surface area contributed by atoms with Crippen molar-refractivity contribution in [3.8, 4) is 0 Å². The van der Waals surface area contributed by atoms with E-state index in [-0.39, 0.29) is 11.4 Å². The van der Waals surface area contributed by atoms with Gasteiger partial charge in [-0.15, -0.1) is 0 Å². The Labute approximate surface area is 116 Å². The van der Waals surface area contributed by atoms with Crippen LogP contribution in [0.1, 0.15) is 51.2 Å². The van der Waals surface area contributed by atoms with Gasteiger partial charge in [0.2, 0.25) is 0 Å². The lowest BCUT2D eigenvalue weighted by Crippen LogP contribution is -2.50. The standard InChI is InChI=1S/C17H26FN/c1-12-8-16(3,4)11-17(19,9-12)10-14-5-6-15(18)7-13(14)2/h5-7,12H,8-11,19H2,1-4H3. The third kappa shape index (κ3) is 3.56. The van der Waals surface area contributed by atoms with Crippen molar-refractivity contribution < 1.29 is 4.39 Å². The van der Waals surface area contributed by atoms with Crippen molar-refractivity contribution >= 4 is 0 Å². The Morgan fingerprint density at radius 3 is 2.58 bits per heavy atom. The number of aryl methyl sites for hydroxylation is 1. The molecule has 0 bridgehead atoms. The quantitative estimate of drug-likeness (QED) is 0.849. The van der Waals surface area contributed by atoms with Crippen LogP contribution in [0.15, 0.2) is 18.2 Å². The van der Waals surface area contributed by atoms with E-state index in [4.69, 9.17) is 5.73 Å². The first-order valence-electron chi connectivity index (χ1n) is 7.23. The number of nitrogens with two attached hydrogens (primary N) is 1. The van der Waals surface area contributed by atoms with Gasteiger partial charge in [-0.1, -0.05) is 26.8 Å². The maximum absolute atomic E-state index is 13.2. The lowest BCUT2D eigenvalue weighted by molar-refractivity contribution is 0.108. The van der Waals surface area contributed by atoms with Crippen LogP contribution in [0, 0.1) is 24.1 Å². The average molecular weight is 263 g/mol. The summed E-state index contributed by atoms with van der Waals surface area (Å²) in [5, 5.41) is 0. The van der Waals surface area contributed by atoms with E-state index in [0.29, 0.717) is 11.3 Å². The highest BCUT2D eigenvalue weighted by atomic mass is 19.1. The summed E-state index contributed by atoms with van der Waals surface area (Å²) in [6, 6.07) is 5.05. The molecule has 1 nitrogen and oxygen atoms in total. The Morgan fingerprint density at radius 2 is 2.00 bits per heavy atom. The fourth-order valence-electron chi connectivity index (χ4n) is 4.18. The van der Waals surface area contributed by atoms with Crippen LogP contribution in [0.5, 0.6) is 0 Å². The van der Waals surface area contributed by atoms with Gasteiger partial charge in [0, 0.05) is 5.54 Å². The van der Waals surface area contributed by atoms with E-state index in [0.717, 1.165) is 24.8 Å². The Balaban J connectivity index is 2.21. The monoisotopic (exact) mass is 263 g/mol. The molecule has 2 unspecified atom stereocenters. The van der Waals surface area contributed by atoms with Gasteiger partial charge in [0.05, 0.1) is 0 Å². The lowest BCUT2D eigenvalue weighted by Gasteiger charge is -2.46. The third-order valence-electron chi connectivity index (χ3n) is 4.33. The second-order valence-electron chi connectivity index (χ2n) is 7.46. The molecule has 1 saturated carbocycles. The first kappa shape index (κ1) is 14.5. The van der Waals surface area contributed by atoms with E-state index < -0.39 is 0 Å². The maximum atomic E-state index is 13.2. The zero-order valence-corrected chi connectivity index (χ0v) is 12.6. The molecule has 0 aromatic heterocycles. The van der Waals surface area contributed by atoms with E-state index in [1.807, 2.05) is 13.0 Å². The second kappa shape index (κ2) is 4.90. The van der Waals surface area contributed by atoms with Crippen molar-refractivity contribution in [2.24, 2.45) is 17.1 Å². The van der Waals surface area contributed by atoms with Crippen LogP contribution >= 0.6 is 0 Å². The van der Waals surface area contributed by atoms with Crippen molar-refractivity contribution in [3.63, 3.8) is 0 Å². The van der Waals surface area contributed by atoms with Gasteiger partial charge < -0.3 is 5.73 Å². The minimum atomic E-state index is -0.162. The summed E-state index contributed by atoms with van der Waals surface area (Å²) in [6.07, 6.45) is 4.20. The highest BCUT2D eigenvalue weighted by Crippen LogP contribution is 2.44. The van der Waals surface area contributed by atoms with Crippen molar-refractivity contribution in [2.45, 2.75) is 58.9 Å². The molecule has 19 heavy (non-hydrogen) atoms. The van der Waals surface area contributed by atoms with Crippen LogP contribution in [0.4, 0.5) is 4.39 Å². The van der Waals surface area contributed by atoms with Crippen LogP contribution in [0.2, 0.25) is 0 Å². The molecular formula is C17H26FN. The molecule has 2 rings (SSSR count). The molecule has 1 aromatic rings. The Hall–Kier alpha value is -0.890. The largest absolute Gasteiger partial charge is 0.325 e. The summed E-state index contributed by atoms with van der Waals surface area (Å²) in [4.78, 5) is 0. The SMILES string of the molecule is Cc1cc(F)ccc1CC1(N)CC(C)CC(C)(C)C1. The zero-order chi connectivity index (χ0) is 14.3. The Bertz CT molecular complexity index is 466. The normalized spacial score (nSPS) is 30.3. The summed E-state index contributed by atoms with van der Waals surface area (Å²) in [7, 11) is 0. The average Bonchev–Trinajstić information content (AvgIpc) is 2.18. The number of hydrogen-bond acceptors (Lipinski definition) is 1. The van der Waals surface area contributed by atoms with Crippen LogP contribution in [-0.4, -0.2) is 5.54 Å². The molecule has 2 heteroatoms. The maximum Gasteiger partial charge on any atom is 0.123 e. The molecule has 0 saturated heterocycles. The summed E-state index contributed by atoms with van der Waals surface area (Å²) >= 11 is 0. The molecule has 0 radical (unpaired) electrons. The van der Waals surface area contributed by atoms with Gasteiger partial charge >= 0.3 is 0 Å². The molecule has 2 N–H and O–H groups in total. The molecular weight excluding hydrogens is 237 g/mol. The van der Waals surface area contributed by atoms with E-state index in [9.17, 15) is 4.39 Å². The van der Waals surface area contributed by atoms with E-state index in [1.54, 1.807) is 12.1 Å². The van der Waals surface area contributed by atoms with Gasteiger partial charge in [0.25, 0.3) is 0 Å². The van der Waals surface area contributed by atoms with Crippen molar-refractivity contribution in [2.75, 3.05) is 0 Å². The molecule has 106 valence electrons. The summed E-state index contributed by atoms with van der Waals surface area (Å²) in [5.74, 6) is 0.499. The minimum Gasteiger partial charge on any atom is -0.325 e. The third-order valence-corrected chi connectivity index (χ3v) is 4.33. The highest BCUT2D eigenvalue weighted by Gasteiger charge is 2.40. The van der Waals surface area contributed by atoms with E-state index >= 15 is 0 Å². The topological polar surface area (TPSA) is 26.0 Å². The van der Waals surface area contributed by atoms with Crippen molar-refractivity contribution in [1.82, 2.24) is 0 Å². The molecule has 0 amide bonds. The molecule has 1 fully saturated rings. The minimum absolute atomic E-state index is 0.149. The Kier molecular flexibility index (Phi) is 3.74. The summed E-state index contributed by atoms with van der Waals surface area (Å²) in [5.41, 5.74) is 9.03. The van der Waals surface area contributed by atoms with Gasteiger partial charge in [0.1, 0.15) is 5.82 Å². The molecule has 1 aliphatic rings. The van der Waals surface area contributed by atoms with Gasteiger partial charge in [0.15, 0.2) is 0 Å². The van der Waals surface area contributed by atoms with Crippen LogP contribution in [-0.2, 0) is 6.42 Å². The van der Waals surface area contributed by atoms with Crippen molar-refractivity contribution in [1.29, 1.82) is 0 Å². The zero-order valence-electron chi connectivity index (χ0n) is 12.6. The highest BCUT2D eigenvalue weighted by molar-refractivity contribution is 5.28. The molecule has 0 spiro atoms. The first-order valence-corrected chi connectivity index (χ1v) is 7.23. The van der Waals surface area contributed by atoms with E-state index in [1.165, 1.54) is 12.0 Å². The number of rotatable bonds is 2. The molecule has 2 atom stereocenters. The Morgan fingerprint density at radius 1 is 1.32 bits per heavy atom. The van der Waals surface area contributed by atoms with Crippen LogP contribution < -0.4 is 5.73 Å². The predicted molar refractivity (Wildman–Crippen MR) is 78.6 cm³/mol.